The van der Waals surface area contributed by atoms with Crippen LogP contribution in [0.15, 0.2) is 0 Å². The van der Waals surface area contributed by atoms with E-state index in [-0.39, 0.29) is 23.7 Å². The van der Waals surface area contributed by atoms with Gasteiger partial charge in [-0.25, -0.2) is 0 Å². The molecule has 0 bridgehead atoms. The maximum atomic E-state index is 12.0. The van der Waals surface area contributed by atoms with Gasteiger partial charge in [0.15, 0.2) is 5.78 Å². The fraction of sp³-hybridized carbons (Fsp3) is 0.846. The summed E-state index contributed by atoms with van der Waals surface area (Å²) in [5, 5.41) is 5.79. The first-order valence-electron chi connectivity index (χ1n) is 6.62. The Labute approximate surface area is 110 Å². The van der Waals surface area contributed by atoms with Crippen molar-refractivity contribution in [3.8, 4) is 0 Å². The van der Waals surface area contributed by atoms with Gasteiger partial charge >= 0.3 is 0 Å². The van der Waals surface area contributed by atoms with E-state index in [9.17, 15) is 9.59 Å². The van der Waals surface area contributed by atoms with Gasteiger partial charge in [0.25, 0.3) is 0 Å². The molecule has 0 radical (unpaired) electrons. The average molecular weight is 257 g/mol. The molecular weight excluding hydrogens is 230 g/mol. The van der Waals surface area contributed by atoms with Crippen LogP contribution in [-0.2, 0) is 9.59 Å². The lowest BCUT2D eigenvalue weighted by Gasteiger charge is -2.23. The first-order chi connectivity index (χ1) is 8.43. The third-order valence-corrected chi connectivity index (χ3v) is 3.01. The Balaban J connectivity index is 4.39. The summed E-state index contributed by atoms with van der Waals surface area (Å²) in [4.78, 5) is 23.5. The topological polar surface area (TPSA) is 84.2 Å². The number of hydrogen-bond donors (Lipinski definition) is 3. The highest BCUT2D eigenvalue weighted by Gasteiger charge is 2.24. The van der Waals surface area contributed by atoms with Gasteiger partial charge in [0.1, 0.15) is 0 Å². The maximum absolute atomic E-state index is 12.0. The number of amides is 1. The Morgan fingerprint density at radius 3 is 2.22 bits per heavy atom. The number of likely N-dealkylation sites (N-methyl/N-ethyl adjacent to an activating group) is 1. The predicted molar refractivity (Wildman–Crippen MR) is 73.2 cm³/mol. The van der Waals surface area contributed by atoms with E-state index in [2.05, 4.69) is 10.6 Å². The van der Waals surface area contributed by atoms with Crippen molar-refractivity contribution in [2.24, 2.45) is 11.7 Å². The van der Waals surface area contributed by atoms with E-state index in [1.807, 2.05) is 13.8 Å². The van der Waals surface area contributed by atoms with Crippen LogP contribution in [0.1, 0.15) is 40.0 Å². The maximum Gasteiger partial charge on any atom is 0.237 e. The van der Waals surface area contributed by atoms with E-state index in [4.69, 9.17) is 5.73 Å². The summed E-state index contributed by atoms with van der Waals surface area (Å²) in [5.41, 5.74) is 5.42. The van der Waals surface area contributed by atoms with Crippen LogP contribution < -0.4 is 16.4 Å². The number of ketones is 1. The van der Waals surface area contributed by atoms with Crippen molar-refractivity contribution in [3.05, 3.63) is 0 Å². The van der Waals surface area contributed by atoms with Crippen LogP contribution in [0.4, 0.5) is 0 Å². The van der Waals surface area contributed by atoms with Gasteiger partial charge in [0.2, 0.25) is 5.91 Å². The summed E-state index contributed by atoms with van der Waals surface area (Å²) in [5.74, 6) is 0.0751. The van der Waals surface area contributed by atoms with Crippen LogP contribution >= 0.6 is 0 Å². The molecule has 1 unspecified atom stereocenters. The minimum absolute atomic E-state index is 0.000944. The SMILES string of the molecule is CNC(C(=O)N[C@@H](CCCCN)C(C)=O)C(C)C. The minimum atomic E-state index is -0.390. The number of carbonyl (C=O) groups excluding carboxylic acids is 2. The van der Waals surface area contributed by atoms with Crippen LogP contribution in [0.25, 0.3) is 0 Å². The van der Waals surface area contributed by atoms with Gasteiger partial charge in [-0.2, -0.15) is 0 Å². The van der Waals surface area contributed by atoms with Gasteiger partial charge < -0.3 is 16.4 Å². The fourth-order valence-corrected chi connectivity index (χ4v) is 1.90. The summed E-state index contributed by atoms with van der Waals surface area (Å²) >= 11 is 0. The molecule has 18 heavy (non-hydrogen) atoms. The molecule has 0 aromatic rings. The molecule has 1 amide bonds. The standard InChI is InChI=1S/C13H27N3O2/c1-9(2)12(15-4)13(18)16-11(10(3)17)7-5-6-8-14/h9,11-12,15H,5-8,14H2,1-4H3,(H,16,18)/t11-,12?/m0/s1. The molecule has 5 heteroatoms. The quantitative estimate of drug-likeness (QED) is 0.523. The third-order valence-electron chi connectivity index (χ3n) is 3.01. The Morgan fingerprint density at radius 2 is 1.83 bits per heavy atom. The van der Waals surface area contributed by atoms with Gasteiger partial charge in [-0.05, 0) is 45.7 Å². The minimum Gasteiger partial charge on any atom is -0.345 e. The second-order valence-corrected chi connectivity index (χ2v) is 4.97. The summed E-state index contributed by atoms with van der Waals surface area (Å²) in [7, 11) is 1.75. The van der Waals surface area contributed by atoms with E-state index in [0.717, 1.165) is 12.8 Å². The fourth-order valence-electron chi connectivity index (χ4n) is 1.90. The van der Waals surface area contributed by atoms with Gasteiger partial charge in [-0.15, -0.1) is 0 Å². The van der Waals surface area contributed by atoms with Gasteiger partial charge in [-0.3, -0.25) is 9.59 Å². The third kappa shape index (κ3) is 6.12. The lowest BCUT2D eigenvalue weighted by Crippen LogP contribution is -2.51. The number of Topliss-reactive ketones (excluding diaryl/α,β-unsaturated/α-hetero) is 1. The van der Waals surface area contributed by atoms with Crippen LogP contribution in [0.5, 0.6) is 0 Å². The molecule has 106 valence electrons. The summed E-state index contributed by atoms with van der Waals surface area (Å²) in [6.07, 6.45) is 2.39. The van der Waals surface area contributed by atoms with Crippen molar-refractivity contribution in [2.75, 3.05) is 13.6 Å². The molecule has 0 heterocycles. The molecule has 5 nitrogen and oxygen atoms in total. The van der Waals surface area contributed by atoms with E-state index >= 15 is 0 Å². The Hall–Kier alpha value is -0.940. The van der Waals surface area contributed by atoms with E-state index in [1.54, 1.807) is 7.05 Å². The molecule has 0 aliphatic carbocycles. The molecule has 0 saturated carbocycles. The molecule has 0 aromatic heterocycles. The van der Waals surface area contributed by atoms with Crippen LogP contribution in [-0.4, -0.2) is 37.4 Å². The second kappa shape index (κ2) is 9.05. The number of nitrogens with two attached hydrogens (primary N) is 1. The van der Waals surface area contributed by atoms with Gasteiger partial charge in [0.05, 0.1) is 12.1 Å². The van der Waals surface area contributed by atoms with Crippen LogP contribution in [0.3, 0.4) is 0 Å². The number of carbonyl (C=O) groups is 2. The zero-order chi connectivity index (χ0) is 14.1. The highest BCUT2D eigenvalue weighted by atomic mass is 16.2. The lowest BCUT2D eigenvalue weighted by molar-refractivity contribution is -0.129. The normalized spacial score (nSPS) is 14.3. The smallest absolute Gasteiger partial charge is 0.237 e. The molecule has 0 aliphatic rings. The predicted octanol–water partition coefficient (Wildman–Crippen LogP) is 0.433. The summed E-state index contributed by atoms with van der Waals surface area (Å²) < 4.78 is 0. The largest absolute Gasteiger partial charge is 0.345 e. The zero-order valence-corrected chi connectivity index (χ0v) is 12.0. The highest BCUT2D eigenvalue weighted by Crippen LogP contribution is 2.05. The van der Waals surface area contributed by atoms with Crippen LogP contribution in [0, 0.1) is 5.92 Å². The molecule has 2 atom stereocenters. The first kappa shape index (κ1) is 17.1. The van der Waals surface area contributed by atoms with E-state index in [1.165, 1.54) is 6.92 Å². The second-order valence-electron chi connectivity index (χ2n) is 4.97. The molecule has 4 N–H and O–H groups in total. The molecule has 0 fully saturated rings. The zero-order valence-electron chi connectivity index (χ0n) is 12.0. The van der Waals surface area contributed by atoms with Crippen molar-refractivity contribution in [1.82, 2.24) is 10.6 Å². The molecule has 0 spiro atoms. The molecule has 0 saturated heterocycles. The number of nitrogens with one attached hydrogen (secondary N) is 2. The number of rotatable bonds is 9. The van der Waals surface area contributed by atoms with E-state index < -0.39 is 6.04 Å². The van der Waals surface area contributed by atoms with Crippen molar-refractivity contribution in [3.63, 3.8) is 0 Å². The average Bonchev–Trinajstić information content (AvgIpc) is 2.28. The molecular formula is C13H27N3O2. The molecule has 0 rings (SSSR count). The first-order valence-corrected chi connectivity index (χ1v) is 6.62. The Kier molecular flexibility index (Phi) is 8.58. The Morgan fingerprint density at radius 1 is 1.22 bits per heavy atom. The number of hydrogen-bond acceptors (Lipinski definition) is 4. The van der Waals surface area contributed by atoms with Crippen molar-refractivity contribution < 1.29 is 9.59 Å². The lowest BCUT2D eigenvalue weighted by atomic mass is 10.0. The van der Waals surface area contributed by atoms with Crippen molar-refractivity contribution in [1.29, 1.82) is 0 Å². The Bertz CT molecular complexity index is 267. The van der Waals surface area contributed by atoms with Crippen LogP contribution in [0.2, 0.25) is 0 Å². The summed E-state index contributed by atoms with van der Waals surface area (Å²) in [6.45, 7) is 6.07. The molecule has 0 aromatic carbocycles. The summed E-state index contributed by atoms with van der Waals surface area (Å²) in [6, 6.07) is -0.653. The van der Waals surface area contributed by atoms with E-state index in [0.29, 0.717) is 13.0 Å². The van der Waals surface area contributed by atoms with Gasteiger partial charge in [-0.1, -0.05) is 13.8 Å². The highest BCUT2D eigenvalue weighted by molar-refractivity contribution is 5.89. The van der Waals surface area contributed by atoms with Gasteiger partial charge in [0, 0.05) is 0 Å². The number of unbranched alkanes of at least 4 members (excludes halogenated alkanes) is 1. The van der Waals surface area contributed by atoms with Crippen molar-refractivity contribution in [2.45, 2.75) is 52.1 Å². The molecule has 0 aliphatic heterocycles. The van der Waals surface area contributed by atoms with Crippen molar-refractivity contribution >= 4 is 11.7 Å². The monoisotopic (exact) mass is 257 g/mol.